The summed E-state index contributed by atoms with van der Waals surface area (Å²) in [7, 11) is 1.70. The minimum absolute atomic E-state index is 0. The predicted octanol–water partition coefficient (Wildman–Crippen LogP) is 2.80. The number of ether oxygens (including phenoxy) is 1. The third kappa shape index (κ3) is 5.70. The highest BCUT2D eigenvalue weighted by molar-refractivity contribution is 5.85. The van der Waals surface area contributed by atoms with E-state index in [-0.39, 0.29) is 12.4 Å². The number of hydrogen-bond acceptors (Lipinski definition) is 6. The summed E-state index contributed by atoms with van der Waals surface area (Å²) >= 11 is 0. The van der Waals surface area contributed by atoms with Crippen molar-refractivity contribution in [2.45, 2.75) is 38.8 Å². The number of hydrogen-bond donors (Lipinski definition) is 1. The Balaban J connectivity index is 0.00000225. The molecule has 0 unspecified atom stereocenters. The van der Waals surface area contributed by atoms with Crippen LogP contribution in [0.1, 0.15) is 36.5 Å². The van der Waals surface area contributed by atoms with Gasteiger partial charge in [0.2, 0.25) is 5.89 Å². The average molecular weight is 367 g/mol. The lowest BCUT2D eigenvalue weighted by molar-refractivity contribution is 0.167. The molecule has 2 heterocycles. The highest BCUT2D eigenvalue weighted by Crippen LogP contribution is 2.23. The van der Waals surface area contributed by atoms with Crippen molar-refractivity contribution in [2.75, 3.05) is 20.2 Å². The van der Waals surface area contributed by atoms with Gasteiger partial charge in [0, 0.05) is 0 Å². The van der Waals surface area contributed by atoms with E-state index in [4.69, 9.17) is 15.0 Å². The van der Waals surface area contributed by atoms with Crippen LogP contribution in [0.3, 0.4) is 0 Å². The second-order valence-electron chi connectivity index (χ2n) is 6.41. The van der Waals surface area contributed by atoms with Crippen molar-refractivity contribution in [1.82, 2.24) is 15.0 Å². The number of nitrogens with two attached hydrogens (primary N) is 1. The van der Waals surface area contributed by atoms with E-state index in [0.29, 0.717) is 12.4 Å². The van der Waals surface area contributed by atoms with Crippen LogP contribution in [0.2, 0.25) is 0 Å². The van der Waals surface area contributed by atoms with Gasteiger partial charge >= 0.3 is 0 Å². The largest absolute Gasteiger partial charge is 0.497 e. The number of nitrogens with zero attached hydrogens (tertiary/aromatic N) is 3. The van der Waals surface area contributed by atoms with Crippen molar-refractivity contribution in [3.05, 3.63) is 41.5 Å². The van der Waals surface area contributed by atoms with Crippen LogP contribution in [-0.4, -0.2) is 35.2 Å². The second-order valence-corrected chi connectivity index (χ2v) is 6.41. The number of piperidine rings is 1. The maximum atomic E-state index is 5.50. The van der Waals surface area contributed by atoms with Gasteiger partial charge in [0.05, 0.1) is 20.2 Å². The quantitative estimate of drug-likeness (QED) is 0.811. The Hall–Kier alpha value is -1.63. The molecule has 1 aliphatic rings. The van der Waals surface area contributed by atoms with Crippen molar-refractivity contribution in [1.29, 1.82) is 0 Å². The zero-order valence-electron chi connectivity index (χ0n) is 14.7. The molecular weight excluding hydrogens is 340 g/mol. The summed E-state index contributed by atoms with van der Waals surface area (Å²) in [6.07, 6.45) is 4.86. The molecule has 0 atom stereocenters. The minimum Gasteiger partial charge on any atom is -0.497 e. The van der Waals surface area contributed by atoms with Gasteiger partial charge in [0.15, 0.2) is 5.82 Å². The first kappa shape index (κ1) is 19.7. The first-order chi connectivity index (χ1) is 11.8. The van der Waals surface area contributed by atoms with Gasteiger partial charge in [-0.15, -0.1) is 12.4 Å². The molecule has 2 aromatic rings. The topological polar surface area (TPSA) is 77.4 Å². The fourth-order valence-electron chi connectivity index (χ4n) is 3.23. The summed E-state index contributed by atoms with van der Waals surface area (Å²) in [5.74, 6) is 2.98. The summed E-state index contributed by atoms with van der Waals surface area (Å²) < 4.78 is 10.3. The molecule has 25 heavy (non-hydrogen) atoms. The Morgan fingerprint density at radius 1 is 1.24 bits per heavy atom. The fraction of sp³-hybridized carbons (Fsp3) is 0.556. The van der Waals surface area contributed by atoms with Gasteiger partial charge in [-0.3, -0.25) is 4.90 Å². The van der Waals surface area contributed by atoms with Crippen molar-refractivity contribution in [3.63, 3.8) is 0 Å². The number of aromatic nitrogens is 2. The molecule has 0 saturated carbocycles. The molecule has 3 rings (SSSR count). The van der Waals surface area contributed by atoms with Crippen molar-refractivity contribution >= 4 is 12.4 Å². The number of halogens is 1. The SMILES string of the molecule is COc1ccc(CCC2CCN(Cc3noc(CN)n3)CC2)cc1.Cl. The number of benzene rings is 1. The van der Waals surface area contributed by atoms with Crippen LogP contribution < -0.4 is 10.5 Å². The molecular formula is C18H27ClN4O2. The van der Waals surface area contributed by atoms with Crippen LogP contribution >= 0.6 is 12.4 Å². The first-order valence-corrected chi connectivity index (χ1v) is 8.63. The van der Waals surface area contributed by atoms with Crippen molar-refractivity contribution < 1.29 is 9.26 Å². The molecule has 1 saturated heterocycles. The van der Waals surface area contributed by atoms with E-state index in [2.05, 4.69) is 27.2 Å². The van der Waals surface area contributed by atoms with Crippen LogP contribution in [0.25, 0.3) is 0 Å². The number of rotatable bonds is 7. The Kier molecular flexibility index (Phi) is 7.68. The van der Waals surface area contributed by atoms with Crippen molar-refractivity contribution in [2.24, 2.45) is 11.7 Å². The molecule has 1 aromatic heterocycles. The number of methoxy groups -OCH3 is 1. The standard InChI is InChI=1S/C18H26N4O2.ClH/c1-23-16-6-4-14(5-7-16)2-3-15-8-10-22(11-9-15)13-17-20-18(12-19)24-21-17;/h4-7,15H,2-3,8-13,19H2,1H3;1H. The summed E-state index contributed by atoms with van der Waals surface area (Å²) in [6.45, 7) is 3.26. The molecule has 1 aromatic carbocycles. The van der Waals surface area contributed by atoms with Gasteiger partial charge < -0.3 is 15.0 Å². The number of aryl methyl sites for hydroxylation is 1. The van der Waals surface area contributed by atoms with E-state index >= 15 is 0 Å². The molecule has 7 heteroatoms. The maximum absolute atomic E-state index is 5.50. The van der Waals surface area contributed by atoms with Crippen molar-refractivity contribution in [3.8, 4) is 5.75 Å². The summed E-state index contributed by atoms with van der Waals surface area (Å²) in [5.41, 5.74) is 6.88. The lowest BCUT2D eigenvalue weighted by atomic mass is 9.90. The van der Waals surface area contributed by atoms with Gasteiger partial charge in [-0.05, 0) is 62.4 Å². The lowest BCUT2D eigenvalue weighted by Crippen LogP contribution is -2.33. The second kappa shape index (κ2) is 9.75. The van der Waals surface area contributed by atoms with Crippen LogP contribution in [-0.2, 0) is 19.5 Å². The zero-order chi connectivity index (χ0) is 16.8. The molecule has 0 bridgehead atoms. The average Bonchev–Trinajstić information content (AvgIpc) is 3.09. The third-order valence-electron chi connectivity index (χ3n) is 4.76. The third-order valence-corrected chi connectivity index (χ3v) is 4.76. The molecule has 2 N–H and O–H groups in total. The lowest BCUT2D eigenvalue weighted by Gasteiger charge is -2.31. The van der Waals surface area contributed by atoms with E-state index < -0.39 is 0 Å². The van der Waals surface area contributed by atoms with Crippen LogP contribution in [0.4, 0.5) is 0 Å². The maximum Gasteiger partial charge on any atom is 0.240 e. The molecule has 1 fully saturated rings. The molecule has 1 aliphatic heterocycles. The van der Waals surface area contributed by atoms with Crippen LogP contribution in [0.5, 0.6) is 5.75 Å². The van der Waals surface area contributed by atoms with E-state index in [1.165, 1.54) is 24.8 Å². The van der Waals surface area contributed by atoms with Crippen LogP contribution in [0.15, 0.2) is 28.8 Å². The van der Waals surface area contributed by atoms with E-state index in [1.54, 1.807) is 7.11 Å². The highest BCUT2D eigenvalue weighted by Gasteiger charge is 2.20. The Labute approximate surface area is 155 Å². The van der Waals surface area contributed by atoms with Gasteiger partial charge in [0.1, 0.15) is 5.75 Å². The van der Waals surface area contributed by atoms with Gasteiger partial charge in [-0.25, -0.2) is 0 Å². The predicted molar refractivity (Wildman–Crippen MR) is 98.8 cm³/mol. The van der Waals surface area contributed by atoms with E-state index in [9.17, 15) is 0 Å². The first-order valence-electron chi connectivity index (χ1n) is 8.63. The monoisotopic (exact) mass is 366 g/mol. The van der Waals surface area contributed by atoms with Gasteiger partial charge in [-0.2, -0.15) is 4.98 Å². The summed E-state index contributed by atoms with van der Waals surface area (Å²) in [4.78, 5) is 6.68. The zero-order valence-corrected chi connectivity index (χ0v) is 15.5. The molecule has 6 nitrogen and oxygen atoms in total. The molecule has 0 amide bonds. The fourth-order valence-corrected chi connectivity index (χ4v) is 3.23. The molecule has 0 radical (unpaired) electrons. The Morgan fingerprint density at radius 2 is 1.96 bits per heavy atom. The smallest absolute Gasteiger partial charge is 0.240 e. The molecule has 138 valence electrons. The van der Waals surface area contributed by atoms with Gasteiger partial charge in [0.25, 0.3) is 0 Å². The Bertz CT molecular complexity index is 624. The van der Waals surface area contributed by atoms with Gasteiger partial charge in [-0.1, -0.05) is 17.3 Å². The molecule has 0 spiro atoms. The summed E-state index contributed by atoms with van der Waals surface area (Å²) in [6, 6.07) is 8.41. The minimum atomic E-state index is 0. The Morgan fingerprint density at radius 3 is 2.56 bits per heavy atom. The summed E-state index contributed by atoms with van der Waals surface area (Å²) in [5, 5.41) is 3.97. The van der Waals surface area contributed by atoms with Crippen LogP contribution in [0, 0.1) is 5.92 Å². The molecule has 0 aliphatic carbocycles. The highest BCUT2D eigenvalue weighted by atomic mass is 35.5. The van der Waals surface area contributed by atoms with E-state index in [0.717, 1.165) is 43.5 Å². The van der Waals surface area contributed by atoms with E-state index in [1.807, 2.05) is 12.1 Å². The normalized spacial score (nSPS) is 15.8. The number of likely N-dealkylation sites (tertiary alicyclic amines) is 1.